The van der Waals surface area contributed by atoms with Crippen molar-refractivity contribution < 1.29 is 4.39 Å². The summed E-state index contributed by atoms with van der Waals surface area (Å²) in [5.41, 5.74) is 0.814. The summed E-state index contributed by atoms with van der Waals surface area (Å²) in [6.45, 7) is 5.56. The molecule has 7 nitrogen and oxygen atoms in total. The molecular formula is C18H23FIN7. The van der Waals surface area contributed by atoms with Crippen LogP contribution in [0.2, 0.25) is 0 Å². The summed E-state index contributed by atoms with van der Waals surface area (Å²) in [4.78, 5) is 8.99. The number of rotatable bonds is 4. The Morgan fingerprint density at radius 3 is 3.04 bits per heavy atom. The lowest BCUT2D eigenvalue weighted by atomic mass is 10.1. The molecule has 3 rings (SSSR count). The molecule has 1 atom stereocenters. The minimum Gasteiger partial charge on any atom is -0.357 e. The van der Waals surface area contributed by atoms with Gasteiger partial charge < -0.3 is 10.6 Å². The van der Waals surface area contributed by atoms with Gasteiger partial charge in [-0.05, 0) is 44.9 Å². The number of nitrogens with zero attached hydrogens (tertiary/aromatic N) is 5. The Morgan fingerprint density at radius 1 is 1.48 bits per heavy atom. The highest BCUT2D eigenvalue weighted by Crippen LogP contribution is 2.22. The summed E-state index contributed by atoms with van der Waals surface area (Å²) >= 11 is 0. The van der Waals surface area contributed by atoms with Gasteiger partial charge in [-0.3, -0.25) is 0 Å². The molecule has 0 radical (unpaired) electrons. The van der Waals surface area contributed by atoms with Gasteiger partial charge in [0.1, 0.15) is 17.5 Å². The van der Waals surface area contributed by atoms with Crippen LogP contribution in [0.3, 0.4) is 0 Å². The normalized spacial score (nSPS) is 16.1. The molecule has 1 aromatic heterocycles. The third-order valence-corrected chi connectivity index (χ3v) is 4.22. The zero-order chi connectivity index (χ0) is 18.5. The summed E-state index contributed by atoms with van der Waals surface area (Å²) in [6.07, 6.45) is 1.94. The molecule has 2 heterocycles. The van der Waals surface area contributed by atoms with E-state index in [1.54, 1.807) is 0 Å². The lowest BCUT2D eigenvalue weighted by molar-refractivity contribution is 0.397. The first kappa shape index (κ1) is 21.1. The van der Waals surface area contributed by atoms with Gasteiger partial charge in [-0.25, -0.2) is 19.0 Å². The van der Waals surface area contributed by atoms with Crippen molar-refractivity contribution in [2.24, 2.45) is 4.99 Å². The van der Waals surface area contributed by atoms with Crippen molar-refractivity contribution in [2.45, 2.75) is 45.8 Å². The average Bonchev–Trinajstić information content (AvgIpc) is 3.02. The summed E-state index contributed by atoms with van der Waals surface area (Å²) in [7, 11) is 0. The van der Waals surface area contributed by atoms with E-state index in [-0.39, 0.29) is 42.4 Å². The van der Waals surface area contributed by atoms with E-state index < -0.39 is 0 Å². The fourth-order valence-corrected chi connectivity index (χ4v) is 3.02. The summed E-state index contributed by atoms with van der Waals surface area (Å²) in [5.74, 6) is 1.88. The third kappa shape index (κ3) is 5.15. The number of aryl methyl sites for hydroxylation is 2. The van der Waals surface area contributed by atoms with Crippen LogP contribution >= 0.6 is 24.0 Å². The van der Waals surface area contributed by atoms with Crippen LogP contribution in [-0.4, -0.2) is 27.3 Å². The molecule has 27 heavy (non-hydrogen) atoms. The SMILES string of the molecule is CCNC(=NCc1cc(C#N)ccc1F)NC1CCCn2nc(C)nc21.I. The molecule has 1 aliphatic rings. The topological polar surface area (TPSA) is 90.9 Å². The van der Waals surface area contributed by atoms with Gasteiger partial charge in [0.15, 0.2) is 5.96 Å². The van der Waals surface area contributed by atoms with E-state index in [0.717, 1.165) is 31.0 Å². The molecule has 2 aromatic rings. The number of nitriles is 1. The number of aromatic nitrogens is 3. The predicted molar refractivity (Wildman–Crippen MR) is 111 cm³/mol. The first-order valence-electron chi connectivity index (χ1n) is 8.75. The summed E-state index contributed by atoms with van der Waals surface area (Å²) in [5, 5.41) is 19.9. The Morgan fingerprint density at radius 2 is 2.30 bits per heavy atom. The lowest BCUT2D eigenvalue weighted by Crippen LogP contribution is -2.41. The van der Waals surface area contributed by atoms with Crippen LogP contribution in [0.15, 0.2) is 23.2 Å². The second-order valence-electron chi connectivity index (χ2n) is 6.19. The van der Waals surface area contributed by atoms with E-state index in [2.05, 4.69) is 25.7 Å². The van der Waals surface area contributed by atoms with Crippen LogP contribution < -0.4 is 10.6 Å². The van der Waals surface area contributed by atoms with E-state index >= 15 is 0 Å². The first-order valence-corrected chi connectivity index (χ1v) is 8.75. The van der Waals surface area contributed by atoms with Gasteiger partial charge in [0, 0.05) is 18.7 Å². The Labute approximate surface area is 175 Å². The van der Waals surface area contributed by atoms with Crippen molar-refractivity contribution in [1.82, 2.24) is 25.4 Å². The van der Waals surface area contributed by atoms with Crippen LogP contribution in [0.1, 0.15) is 48.6 Å². The number of hydrogen-bond acceptors (Lipinski definition) is 4. The van der Waals surface area contributed by atoms with Crippen molar-refractivity contribution in [1.29, 1.82) is 5.26 Å². The van der Waals surface area contributed by atoms with Crippen molar-refractivity contribution >= 4 is 29.9 Å². The van der Waals surface area contributed by atoms with E-state index in [1.165, 1.54) is 18.2 Å². The monoisotopic (exact) mass is 483 g/mol. The zero-order valence-corrected chi connectivity index (χ0v) is 17.7. The average molecular weight is 483 g/mol. The molecule has 1 aromatic carbocycles. The smallest absolute Gasteiger partial charge is 0.192 e. The maximum Gasteiger partial charge on any atom is 0.192 e. The standard InChI is InChI=1S/C18H22FN7.HI/c1-3-21-18(22-11-14-9-13(10-20)6-7-15(14)19)24-16-5-4-8-26-17(16)23-12(2)25-26;/h6-7,9,16H,3-5,8,11H2,1-2H3,(H2,21,22,24);1H. The first-order chi connectivity index (χ1) is 12.6. The van der Waals surface area contributed by atoms with E-state index in [4.69, 9.17) is 5.26 Å². The minimum atomic E-state index is -0.364. The molecule has 1 aliphatic heterocycles. The van der Waals surface area contributed by atoms with E-state index in [9.17, 15) is 4.39 Å². The highest BCUT2D eigenvalue weighted by Gasteiger charge is 2.24. The molecule has 0 bridgehead atoms. The molecule has 0 amide bonds. The highest BCUT2D eigenvalue weighted by atomic mass is 127. The Hall–Kier alpha value is -2.22. The molecule has 0 saturated carbocycles. The lowest BCUT2D eigenvalue weighted by Gasteiger charge is -2.25. The van der Waals surface area contributed by atoms with Gasteiger partial charge in [0.25, 0.3) is 0 Å². The molecule has 0 fully saturated rings. The molecule has 1 unspecified atom stereocenters. The molecule has 144 valence electrons. The number of benzene rings is 1. The van der Waals surface area contributed by atoms with Crippen LogP contribution in [0.25, 0.3) is 0 Å². The quantitative estimate of drug-likeness (QED) is 0.397. The Balaban J connectivity index is 0.00000261. The largest absolute Gasteiger partial charge is 0.357 e. The van der Waals surface area contributed by atoms with E-state index in [0.29, 0.717) is 23.6 Å². The van der Waals surface area contributed by atoms with Crippen molar-refractivity contribution in [3.63, 3.8) is 0 Å². The second kappa shape index (κ2) is 9.64. The molecule has 2 N–H and O–H groups in total. The molecule has 9 heteroatoms. The molecule has 0 aliphatic carbocycles. The molecule has 0 spiro atoms. The van der Waals surface area contributed by atoms with Gasteiger partial charge >= 0.3 is 0 Å². The van der Waals surface area contributed by atoms with Crippen molar-refractivity contribution in [3.05, 3.63) is 46.8 Å². The predicted octanol–water partition coefficient (Wildman–Crippen LogP) is 2.81. The van der Waals surface area contributed by atoms with Crippen LogP contribution in [-0.2, 0) is 13.1 Å². The highest BCUT2D eigenvalue weighted by molar-refractivity contribution is 14.0. The van der Waals surface area contributed by atoms with Crippen LogP contribution in [0, 0.1) is 24.1 Å². The van der Waals surface area contributed by atoms with E-state index in [1.807, 2.05) is 24.6 Å². The van der Waals surface area contributed by atoms with Crippen molar-refractivity contribution in [2.75, 3.05) is 6.54 Å². The number of hydrogen-bond donors (Lipinski definition) is 2. The number of fused-ring (bicyclic) bond motifs is 1. The Kier molecular flexibility index (Phi) is 7.53. The third-order valence-electron chi connectivity index (χ3n) is 4.22. The fourth-order valence-electron chi connectivity index (χ4n) is 3.02. The summed E-state index contributed by atoms with van der Waals surface area (Å²) < 4.78 is 15.9. The molecular weight excluding hydrogens is 460 g/mol. The number of aliphatic imine (C=N–C) groups is 1. The number of nitrogens with one attached hydrogen (secondary N) is 2. The minimum absolute atomic E-state index is 0. The van der Waals surface area contributed by atoms with Gasteiger partial charge in [-0.2, -0.15) is 10.4 Å². The zero-order valence-electron chi connectivity index (χ0n) is 15.4. The second-order valence-corrected chi connectivity index (χ2v) is 6.19. The Bertz CT molecular complexity index is 856. The molecule has 0 saturated heterocycles. The number of guanidine groups is 1. The van der Waals surface area contributed by atoms with Gasteiger partial charge in [-0.15, -0.1) is 24.0 Å². The van der Waals surface area contributed by atoms with Gasteiger partial charge in [-0.1, -0.05) is 0 Å². The fraction of sp³-hybridized carbons (Fsp3) is 0.444. The maximum absolute atomic E-state index is 14.0. The summed E-state index contributed by atoms with van der Waals surface area (Å²) in [6, 6.07) is 6.33. The van der Waals surface area contributed by atoms with Crippen LogP contribution in [0.4, 0.5) is 4.39 Å². The van der Waals surface area contributed by atoms with Crippen LogP contribution in [0.5, 0.6) is 0 Å². The van der Waals surface area contributed by atoms with Crippen molar-refractivity contribution in [3.8, 4) is 6.07 Å². The number of halogens is 2. The maximum atomic E-state index is 14.0. The van der Waals surface area contributed by atoms with Gasteiger partial charge in [0.2, 0.25) is 0 Å². The van der Waals surface area contributed by atoms with Gasteiger partial charge in [0.05, 0.1) is 24.2 Å².